The van der Waals surface area contributed by atoms with E-state index in [1.807, 2.05) is 36.4 Å². The fraction of sp³-hybridized carbons (Fsp3) is 0.190. The zero-order chi connectivity index (χ0) is 20.3. The van der Waals surface area contributed by atoms with E-state index in [0.717, 1.165) is 28.2 Å². The van der Waals surface area contributed by atoms with Crippen LogP contribution in [0.3, 0.4) is 0 Å². The highest BCUT2D eigenvalue weighted by molar-refractivity contribution is 5.97. The number of methoxy groups -OCH3 is 1. The molecule has 0 aliphatic rings. The number of nitrogens with one attached hydrogen (secondary N) is 1. The van der Waals surface area contributed by atoms with Crippen LogP contribution in [-0.4, -0.2) is 19.4 Å². The highest BCUT2D eigenvalue weighted by atomic mass is 19.4. The summed E-state index contributed by atoms with van der Waals surface area (Å²) in [6, 6.07) is 16.6. The first-order valence-corrected chi connectivity index (χ1v) is 8.50. The number of fused-ring (bicyclic) bond motifs is 1. The molecule has 0 radical (unpaired) electrons. The van der Waals surface area contributed by atoms with Gasteiger partial charge in [-0.15, -0.1) is 13.2 Å². The van der Waals surface area contributed by atoms with Gasteiger partial charge in [-0.2, -0.15) is 0 Å². The molecule has 1 N–H and O–H groups in total. The lowest BCUT2D eigenvalue weighted by atomic mass is 9.97. The third-order valence-corrected chi connectivity index (χ3v) is 4.34. The van der Waals surface area contributed by atoms with Crippen molar-refractivity contribution >= 4 is 22.4 Å². The predicted octanol–water partition coefficient (Wildman–Crippen LogP) is 5.49. The van der Waals surface area contributed by atoms with Crippen LogP contribution in [0.15, 0.2) is 60.7 Å². The van der Waals surface area contributed by atoms with Gasteiger partial charge in [-0.05, 0) is 47.5 Å². The van der Waals surface area contributed by atoms with Crippen molar-refractivity contribution in [1.82, 2.24) is 0 Å². The maximum atomic E-state index is 12.6. The van der Waals surface area contributed by atoms with Gasteiger partial charge in [0.2, 0.25) is 5.91 Å². The number of anilines is 1. The van der Waals surface area contributed by atoms with E-state index in [1.54, 1.807) is 14.0 Å². The Bertz CT molecular complexity index is 1000. The number of halogens is 3. The zero-order valence-corrected chi connectivity index (χ0v) is 15.2. The van der Waals surface area contributed by atoms with Crippen LogP contribution in [0.25, 0.3) is 10.8 Å². The summed E-state index contributed by atoms with van der Waals surface area (Å²) in [5, 5.41) is 4.40. The molecule has 0 bridgehead atoms. The molecule has 4 nitrogen and oxygen atoms in total. The Labute approximate surface area is 159 Å². The van der Waals surface area contributed by atoms with Crippen molar-refractivity contribution in [3.8, 4) is 11.5 Å². The Hall–Kier alpha value is -3.22. The first-order valence-electron chi connectivity index (χ1n) is 8.50. The number of ether oxygens (including phenoxy) is 2. The molecule has 0 aliphatic carbocycles. The average Bonchev–Trinajstić information content (AvgIpc) is 2.66. The molecule has 7 heteroatoms. The summed E-state index contributed by atoms with van der Waals surface area (Å²) in [5.41, 5.74) is 0.701. The van der Waals surface area contributed by atoms with Crippen LogP contribution in [0.2, 0.25) is 0 Å². The van der Waals surface area contributed by atoms with Crippen molar-refractivity contribution in [2.24, 2.45) is 0 Å². The van der Waals surface area contributed by atoms with Crippen LogP contribution in [0.4, 0.5) is 18.9 Å². The van der Waals surface area contributed by atoms with Gasteiger partial charge in [0.15, 0.2) is 5.75 Å². The highest BCUT2D eigenvalue weighted by Gasteiger charge is 2.32. The lowest BCUT2D eigenvalue weighted by molar-refractivity contribution is -0.274. The van der Waals surface area contributed by atoms with Crippen molar-refractivity contribution in [1.29, 1.82) is 0 Å². The van der Waals surface area contributed by atoms with E-state index >= 15 is 0 Å². The van der Waals surface area contributed by atoms with E-state index in [1.165, 1.54) is 18.2 Å². The summed E-state index contributed by atoms with van der Waals surface area (Å²) in [7, 11) is 1.59. The number of para-hydroxylation sites is 2. The van der Waals surface area contributed by atoms with E-state index in [9.17, 15) is 18.0 Å². The van der Waals surface area contributed by atoms with Crippen molar-refractivity contribution < 1.29 is 27.4 Å². The number of rotatable bonds is 5. The Balaban J connectivity index is 1.81. The Morgan fingerprint density at radius 1 is 1.00 bits per heavy atom. The normalized spacial score (nSPS) is 12.5. The fourth-order valence-corrected chi connectivity index (χ4v) is 2.81. The molecule has 0 aliphatic heterocycles. The van der Waals surface area contributed by atoms with Crippen LogP contribution < -0.4 is 14.8 Å². The molecule has 1 atom stereocenters. The van der Waals surface area contributed by atoms with Crippen molar-refractivity contribution in [2.45, 2.75) is 19.2 Å². The summed E-state index contributed by atoms with van der Waals surface area (Å²) in [4.78, 5) is 12.6. The molecule has 1 amide bonds. The molecule has 3 aromatic carbocycles. The van der Waals surface area contributed by atoms with Crippen molar-refractivity contribution in [3.05, 3.63) is 66.2 Å². The number of carbonyl (C=O) groups is 1. The maximum Gasteiger partial charge on any atom is 0.573 e. The summed E-state index contributed by atoms with van der Waals surface area (Å²) in [5.74, 6) is -0.745. The number of amides is 1. The summed E-state index contributed by atoms with van der Waals surface area (Å²) < 4.78 is 46.8. The molecule has 0 heterocycles. The Kier molecular flexibility index (Phi) is 5.44. The van der Waals surface area contributed by atoms with Crippen molar-refractivity contribution in [3.63, 3.8) is 0 Å². The van der Waals surface area contributed by atoms with E-state index in [2.05, 4.69) is 10.1 Å². The topological polar surface area (TPSA) is 47.6 Å². The lowest BCUT2D eigenvalue weighted by Crippen LogP contribution is -2.22. The van der Waals surface area contributed by atoms with Gasteiger partial charge >= 0.3 is 6.36 Å². The number of carbonyl (C=O) groups excluding carboxylic acids is 1. The zero-order valence-electron chi connectivity index (χ0n) is 15.2. The van der Waals surface area contributed by atoms with Gasteiger partial charge in [0.05, 0.1) is 18.7 Å². The van der Waals surface area contributed by atoms with Gasteiger partial charge < -0.3 is 14.8 Å². The number of hydrogen-bond donors (Lipinski definition) is 1. The van der Waals surface area contributed by atoms with Crippen molar-refractivity contribution in [2.75, 3.05) is 12.4 Å². The number of benzene rings is 3. The Morgan fingerprint density at radius 3 is 2.39 bits per heavy atom. The third-order valence-electron chi connectivity index (χ3n) is 4.34. The van der Waals surface area contributed by atoms with E-state index < -0.39 is 23.9 Å². The van der Waals surface area contributed by atoms with E-state index in [0.29, 0.717) is 0 Å². The molecular weight excluding hydrogens is 371 g/mol. The molecule has 3 rings (SSSR count). The van der Waals surface area contributed by atoms with Crippen LogP contribution >= 0.6 is 0 Å². The quantitative estimate of drug-likeness (QED) is 0.628. The van der Waals surface area contributed by atoms with Gasteiger partial charge in [0.1, 0.15) is 5.75 Å². The smallest absolute Gasteiger partial charge is 0.497 e. The monoisotopic (exact) mass is 389 g/mol. The predicted molar refractivity (Wildman–Crippen MR) is 101 cm³/mol. The average molecular weight is 389 g/mol. The minimum absolute atomic E-state index is 0.0396. The first kappa shape index (κ1) is 19.5. The van der Waals surface area contributed by atoms with Gasteiger partial charge in [-0.3, -0.25) is 4.79 Å². The molecule has 0 saturated heterocycles. The molecule has 0 fully saturated rings. The number of alkyl halides is 3. The molecule has 146 valence electrons. The molecule has 0 unspecified atom stereocenters. The Morgan fingerprint density at radius 2 is 1.68 bits per heavy atom. The minimum atomic E-state index is -4.84. The first-order chi connectivity index (χ1) is 13.3. The minimum Gasteiger partial charge on any atom is -0.497 e. The summed E-state index contributed by atoms with van der Waals surface area (Å²) >= 11 is 0. The second-order valence-corrected chi connectivity index (χ2v) is 6.23. The molecule has 0 saturated carbocycles. The molecular formula is C21H18F3NO3. The summed E-state index contributed by atoms with van der Waals surface area (Å²) in [6.07, 6.45) is -4.84. The summed E-state index contributed by atoms with van der Waals surface area (Å²) in [6.45, 7) is 1.69. The van der Waals surface area contributed by atoms with Crippen LogP contribution in [0, 0.1) is 0 Å². The molecule has 3 aromatic rings. The van der Waals surface area contributed by atoms with Gasteiger partial charge in [-0.25, -0.2) is 0 Å². The van der Waals surface area contributed by atoms with Crippen LogP contribution in [-0.2, 0) is 4.79 Å². The molecule has 0 spiro atoms. The van der Waals surface area contributed by atoms with Gasteiger partial charge in [0.25, 0.3) is 0 Å². The highest BCUT2D eigenvalue weighted by Crippen LogP contribution is 2.31. The van der Waals surface area contributed by atoms with Crippen LogP contribution in [0.5, 0.6) is 11.5 Å². The van der Waals surface area contributed by atoms with Gasteiger partial charge in [0, 0.05) is 0 Å². The van der Waals surface area contributed by atoms with E-state index in [-0.39, 0.29) is 5.69 Å². The fourth-order valence-electron chi connectivity index (χ4n) is 2.81. The largest absolute Gasteiger partial charge is 0.573 e. The second-order valence-electron chi connectivity index (χ2n) is 6.23. The number of hydrogen-bond acceptors (Lipinski definition) is 3. The maximum absolute atomic E-state index is 12.6. The van der Waals surface area contributed by atoms with E-state index in [4.69, 9.17) is 4.74 Å². The third kappa shape index (κ3) is 4.54. The standard InChI is InChI=1S/C21H18F3NO3/c1-13(14-7-8-16-12-17(27-2)10-9-15(16)11-14)20(26)25-18-5-3-4-6-19(18)28-21(22,23)24/h3-13H,1-2H3,(H,25,26)/t13-/m0/s1. The van der Waals surface area contributed by atoms with Crippen LogP contribution in [0.1, 0.15) is 18.4 Å². The molecule has 28 heavy (non-hydrogen) atoms. The lowest BCUT2D eigenvalue weighted by Gasteiger charge is -2.17. The van der Waals surface area contributed by atoms with Gasteiger partial charge in [-0.1, -0.05) is 36.4 Å². The second kappa shape index (κ2) is 7.80. The molecule has 0 aromatic heterocycles. The SMILES string of the molecule is COc1ccc2cc([C@H](C)C(=O)Nc3ccccc3OC(F)(F)F)ccc2c1.